The molecule has 1 aliphatic heterocycles. The van der Waals surface area contributed by atoms with E-state index in [1.165, 1.54) is 0 Å². The number of nitrogen functional groups attached to an aromatic ring is 1. The molecule has 0 aliphatic carbocycles. The Balaban J connectivity index is 1.75. The van der Waals surface area contributed by atoms with Gasteiger partial charge >= 0.3 is 0 Å². The second-order valence-corrected chi connectivity index (χ2v) is 5.07. The summed E-state index contributed by atoms with van der Waals surface area (Å²) in [6.45, 7) is 5.65. The van der Waals surface area contributed by atoms with Crippen molar-refractivity contribution in [3.8, 4) is 11.6 Å². The molecule has 112 valence electrons. The first-order chi connectivity index (χ1) is 10.3. The molecule has 0 amide bonds. The molecule has 3 heterocycles. The fourth-order valence-corrected chi connectivity index (χ4v) is 2.42. The number of anilines is 1. The standard InChI is InChI=1S/C14H19N5O2/c1-2-6-19-7-8-20-11(9-19)13-17-14(21-18-13)10-4-3-5-12(15)16-10/h3-5,11H,2,6-9H2,1H3,(H2,15,16). The molecule has 2 aromatic heterocycles. The van der Waals surface area contributed by atoms with Gasteiger partial charge in [0.1, 0.15) is 17.6 Å². The summed E-state index contributed by atoms with van der Waals surface area (Å²) in [5.74, 6) is 1.36. The predicted molar refractivity (Wildman–Crippen MR) is 77.4 cm³/mol. The monoisotopic (exact) mass is 289 g/mol. The molecule has 7 heteroatoms. The third kappa shape index (κ3) is 3.20. The van der Waals surface area contributed by atoms with Crippen LogP contribution in [0.5, 0.6) is 0 Å². The Hall–Kier alpha value is -1.99. The van der Waals surface area contributed by atoms with Crippen molar-refractivity contribution in [1.82, 2.24) is 20.0 Å². The topological polar surface area (TPSA) is 90.3 Å². The molecule has 2 N–H and O–H groups in total. The maximum atomic E-state index is 5.74. The lowest BCUT2D eigenvalue weighted by molar-refractivity contribution is -0.0350. The summed E-state index contributed by atoms with van der Waals surface area (Å²) in [6.07, 6.45) is 0.973. The summed E-state index contributed by atoms with van der Waals surface area (Å²) >= 11 is 0. The molecule has 21 heavy (non-hydrogen) atoms. The molecule has 0 bridgehead atoms. The van der Waals surface area contributed by atoms with E-state index < -0.39 is 0 Å². The van der Waals surface area contributed by atoms with Crippen molar-refractivity contribution in [1.29, 1.82) is 0 Å². The lowest BCUT2D eigenvalue weighted by Crippen LogP contribution is -2.39. The highest BCUT2D eigenvalue weighted by atomic mass is 16.5. The molecule has 1 atom stereocenters. The smallest absolute Gasteiger partial charge is 0.276 e. The number of rotatable bonds is 4. The average Bonchev–Trinajstić information content (AvgIpc) is 2.98. The quantitative estimate of drug-likeness (QED) is 0.912. The summed E-state index contributed by atoms with van der Waals surface area (Å²) in [5.41, 5.74) is 6.24. The second kappa shape index (κ2) is 6.19. The third-order valence-electron chi connectivity index (χ3n) is 3.41. The van der Waals surface area contributed by atoms with Crippen LogP contribution < -0.4 is 5.73 Å². The van der Waals surface area contributed by atoms with Crippen LogP contribution in [0.1, 0.15) is 25.3 Å². The Bertz CT molecular complexity index is 599. The van der Waals surface area contributed by atoms with E-state index in [2.05, 4.69) is 26.9 Å². The zero-order chi connectivity index (χ0) is 14.7. The van der Waals surface area contributed by atoms with Crippen LogP contribution >= 0.6 is 0 Å². The van der Waals surface area contributed by atoms with Crippen molar-refractivity contribution >= 4 is 5.82 Å². The summed E-state index contributed by atoms with van der Waals surface area (Å²) in [5, 5.41) is 4.02. The molecule has 1 aliphatic rings. The van der Waals surface area contributed by atoms with Crippen LogP contribution in [0.4, 0.5) is 5.82 Å². The minimum absolute atomic E-state index is 0.149. The van der Waals surface area contributed by atoms with E-state index in [0.29, 0.717) is 29.8 Å². The van der Waals surface area contributed by atoms with Crippen molar-refractivity contribution in [3.63, 3.8) is 0 Å². The molecule has 1 unspecified atom stereocenters. The molecule has 0 radical (unpaired) electrons. The van der Waals surface area contributed by atoms with Crippen molar-refractivity contribution in [3.05, 3.63) is 24.0 Å². The van der Waals surface area contributed by atoms with E-state index in [-0.39, 0.29) is 6.10 Å². The predicted octanol–water partition coefficient (Wildman–Crippen LogP) is 1.50. The minimum atomic E-state index is -0.149. The van der Waals surface area contributed by atoms with Gasteiger partial charge in [-0.05, 0) is 25.1 Å². The largest absolute Gasteiger partial charge is 0.384 e. The van der Waals surface area contributed by atoms with Crippen molar-refractivity contribution in [2.45, 2.75) is 19.4 Å². The van der Waals surface area contributed by atoms with Gasteiger partial charge in [-0.1, -0.05) is 18.1 Å². The molecular weight excluding hydrogens is 270 g/mol. The lowest BCUT2D eigenvalue weighted by atomic mass is 10.2. The molecule has 1 fully saturated rings. The van der Waals surface area contributed by atoms with Crippen LogP contribution in [-0.2, 0) is 4.74 Å². The Morgan fingerprint density at radius 3 is 3.10 bits per heavy atom. The van der Waals surface area contributed by atoms with E-state index in [1.807, 2.05) is 6.07 Å². The number of hydrogen-bond acceptors (Lipinski definition) is 7. The van der Waals surface area contributed by atoms with Crippen molar-refractivity contribution in [2.75, 3.05) is 32.0 Å². The lowest BCUT2D eigenvalue weighted by Gasteiger charge is -2.30. The van der Waals surface area contributed by atoms with Crippen LogP contribution in [-0.4, -0.2) is 46.3 Å². The number of aromatic nitrogens is 3. The van der Waals surface area contributed by atoms with Crippen LogP contribution in [0.3, 0.4) is 0 Å². The highest BCUT2D eigenvalue weighted by molar-refractivity contribution is 5.49. The van der Waals surface area contributed by atoms with Gasteiger partial charge < -0.3 is 15.0 Å². The number of ether oxygens (including phenoxy) is 1. The summed E-state index contributed by atoms with van der Waals surface area (Å²) in [7, 11) is 0. The number of hydrogen-bond donors (Lipinski definition) is 1. The molecule has 0 aromatic carbocycles. The highest BCUT2D eigenvalue weighted by Gasteiger charge is 2.26. The molecule has 3 rings (SSSR count). The molecule has 7 nitrogen and oxygen atoms in total. The Kier molecular flexibility index (Phi) is 4.12. The first-order valence-electron chi connectivity index (χ1n) is 7.16. The number of nitrogens with zero attached hydrogens (tertiary/aromatic N) is 4. The summed E-state index contributed by atoms with van der Waals surface area (Å²) in [6, 6.07) is 5.31. The Morgan fingerprint density at radius 2 is 2.29 bits per heavy atom. The number of morpholine rings is 1. The second-order valence-electron chi connectivity index (χ2n) is 5.07. The molecule has 2 aromatic rings. The Morgan fingerprint density at radius 1 is 1.38 bits per heavy atom. The van der Waals surface area contributed by atoms with E-state index in [1.54, 1.807) is 12.1 Å². The normalized spacial score (nSPS) is 19.8. The van der Waals surface area contributed by atoms with Gasteiger partial charge in [-0.3, -0.25) is 4.90 Å². The molecule has 0 spiro atoms. The summed E-state index contributed by atoms with van der Waals surface area (Å²) < 4.78 is 11.0. The van der Waals surface area contributed by atoms with Gasteiger partial charge in [0.25, 0.3) is 5.89 Å². The van der Waals surface area contributed by atoms with Gasteiger partial charge in [-0.2, -0.15) is 4.98 Å². The van der Waals surface area contributed by atoms with Crippen molar-refractivity contribution < 1.29 is 9.26 Å². The first-order valence-corrected chi connectivity index (χ1v) is 7.16. The molecule has 1 saturated heterocycles. The van der Waals surface area contributed by atoms with E-state index in [4.69, 9.17) is 15.0 Å². The van der Waals surface area contributed by atoms with Gasteiger partial charge in [0.05, 0.1) is 6.61 Å². The SMILES string of the molecule is CCCN1CCOC(c2noc(-c3cccc(N)n3)n2)C1. The van der Waals surface area contributed by atoms with Gasteiger partial charge in [0.15, 0.2) is 0 Å². The van der Waals surface area contributed by atoms with E-state index >= 15 is 0 Å². The number of nitrogens with two attached hydrogens (primary N) is 1. The fourth-order valence-electron chi connectivity index (χ4n) is 2.42. The zero-order valence-corrected chi connectivity index (χ0v) is 12.0. The first kappa shape index (κ1) is 14.0. The van der Waals surface area contributed by atoms with Crippen LogP contribution in [0, 0.1) is 0 Å². The van der Waals surface area contributed by atoms with Crippen molar-refractivity contribution in [2.24, 2.45) is 0 Å². The van der Waals surface area contributed by atoms with Crippen LogP contribution in [0.25, 0.3) is 11.6 Å². The molecular formula is C14H19N5O2. The van der Waals surface area contributed by atoms with Crippen LogP contribution in [0.15, 0.2) is 22.7 Å². The van der Waals surface area contributed by atoms with Gasteiger partial charge in [0, 0.05) is 13.1 Å². The van der Waals surface area contributed by atoms with Gasteiger partial charge in [0.2, 0.25) is 5.82 Å². The maximum Gasteiger partial charge on any atom is 0.276 e. The average molecular weight is 289 g/mol. The van der Waals surface area contributed by atoms with Gasteiger partial charge in [-0.15, -0.1) is 0 Å². The summed E-state index contributed by atoms with van der Waals surface area (Å²) in [4.78, 5) is 10.9. The molecule has 0 saturated carbocycles. The minimum Gasteiger partial charge on any atom is -0.384 e. The highest BCUT2D eigenvalue weighted by Crippen LogP contribution is 2.23. The van der Waals surface area contributed by atoms with Crippen LogP contribution in [0.2, 0.25) is 0 Å². The van der Waals surface area contributed by atoms with E-state index in [9.17, 15) is 0 Å². The Labute approximate surface area is 123 Å². The van der Waals surface area contributed by atoms with E-state index in [0.717, 1.165) is 26.1 Å². The number of pyridine rings is 1. The fraction of sp³-hybridized carbons (Fsp3) is 0.500. The zero-order valence-electron chi connectivity index (χ0n) is 12.0. The van der Waals surface area contributed by atoms with Gasteiger partial charge in [-0.25, -0.2) is 4.98 Å². The maximum absolute atomic E-state index is 5.74. The third-order valence-corrected chi connectivity index (χ3v) is 3.41.